The number of carbonyl (C=O) groups is 1. The lowest BCUT2D eigenvalue weighted by atomic mass is 10.2. The first-order chi connectivity index (χ1) is 9.55. The number of amidine groups is 1. The Hall–Kier alpha value is -2.15. The summed E-state index contributed by atoms with van der Waals surface area (Å²) in [6, 6.07) is 5.51. The largest absolute Gasteiger partial charge is 0.409 e. The molecule has 1 aromatic heterocycles. The van der Waals surface area contributed by atoms with Crippen molar-refractivity contribution < 1.29 is 14.4 Å². The lowest BCUT2D eigenvalue weighted by Gasteiger charge is -2.14. The van der Waals surface area contributed by atoms with E-state index in [1.165, 1.54) is 23.5 Å². The second-order valence-electron chi connectivity index (χ2n) is 4.25. The van der Waals surface area contributed by atoms with Crippen molar-refractivity contribution in [2.75, 3.05) is 0 Å². The van der Waals surface area contributed by atoms with E-state index in [-0.39, 0.29) is 17.6 Å². The molecule has 7 heteroatoms. The van der Waals surface area contributed by atoms with Gasteiger partial charge in [0.15, 0.2) is 5.84 Å². The second kappa shape index (κ2) is 5.87. The second-order valence-corrected chi connectivity index (χ2v) is 5.34. The summed E-state index contributed by atoms with van der Waals surface area (Å²) >= 11 is 1.20. The normalized spacial score (nSPS) is 13.4. The predicted octanol–water partition coefficient (Wildman–Crippen LogP) is 2.30. The minimum Gasteiger partial charge on any atom is -0.409 e. The summed E-state index contributed by atoms with van der Waals surface area (Å²) in [6.07, 6.45) is 0.501. The molecule has 1 atom stereocenters. The van der Waals surface area contributed by atoms with Crippen LogP contribution >= 0.6 is 11.3 Å². The van der Waals surface area contributed by atoms with Crippen molar-refractivity contribution in [3.05, 3.63) is 35.0 Å². The molecule has 0 saturated carbocycles. The average molecular weight is 295 g/mol. The van der Waals surface area contributed by atoms with E-state index in [1.54, 1.807) is 12.1 Å². The van der Waals surface area contributed by atoms with Gasteiger partial charge in [0.25, 0.3) is 5.91 Å². The van der Waals surface area contributed by atoms with Crippen molar-refractivity contribution in [3.63, 3.8) is 0 Å². The summed E-state index contributed by atoms with van der Waals surface area (Å²) < 4.78 is 13.8. The van der Waals surface area contributed by atoms with Gasteiger partial charge in [-0.15, -0.1) is 11.3 Å². The van der Waals surface area contributed by atoms with Crippen LogP contribution in [0.15, 0.2) is 29.4 Å². The number of carbonyl (C=O) groups excluding carboxylic acids is 1. The minimum absolute atomic E-state index is 0.0481. The monoisotopic (exact) mass is 295 g/mol. The third-order valence-electron chi connectivity index (χ3n) is 2.89. The zero-order valence-corrected chi connectivity index (χ0v) is 11.6. The topological polar surface area (TPSA) is 87.7 Å². The van der Waals surface area contributed by atoms with Gasteiger partial charge in [0.05, 0.1) is 10.9 Å². The Kier molecular flexibility index (Phi) is 4.19. The molecule has 20 heavy (non-hydrogen) atoms. The van der Waals surface area contributed by atoms with Gasteiger partial charge in [-0.3, -0.25) is 4.79 Å². The summed E-state index contributed by atoms with van der Waals surface area (Å²) in [5, 5.41) is 15.0. The maximum Gasteiger partial charge on any atom is 0.261 e. The number of rotatable bonds is 4. The molecule has 0 spiro atoms. The van der Waals surface area contributed by atoms with Crippen LogP contribution in [0.4, 0.5) is 4.39 Å². The first-order valence-corrected chi connectivity index (χ1v) is 6.84. The third-order valence-corrected chi connectivity index (χ3v) is 3.99. The highest BCUT2D eigenvalue weighted by Crippen LogP contribution is 2.26. The molecule has 1 unspecified atom stereocenters. The Morgan fingerprint density at radius 3 is 2.95 bits per heavy atom. The summed E-state index contributed by atoms with van der Waals surface area (Å²) in [7, 11) is 0. The number of halogens is 1. The van der Waals surface area contributed by atoms with Crippen molar-refractivity contribution in [2.24, 2.45) is 10.9 Å². The van der Waals surface area contributed by atoms with Gasteiger partial charge in [-0.25, -0.2) is 4.39 Å². The van der Waals surface area contributed by atoms with Crippen LogP contribution in [-0.2, 0) is 0 Å². The van der Waals surface area contributed by atoms with Crippen LogP contribution in [0.2, 0.25) is 0 Å². The molecule has 2 aromatic rings. The van der Waals surface area contributed by atoms with Crippen molar-refractivity contribution in [2.45, 2.75) is 19.4 Å². The fourth-order valence-corrected chi connectivity index (χ4v) is 2.79. The molecule has 0 aliphatic rings. The van der Waals surface area contributed by atoms with E-state index < -0.39 is 6.04 Å². The van der Waals surface area contributed by atoms with Gasteiger partial charge in [0.1, 0.15) is 5.82 Å². The van der Waals surface area contributed by atoms with E-state index in [1.807, 2.05) is 6.92 Å². The molecule has 5 nitrogen and oxygen atoms in total. The van der Waals surface area contributed by atoms with E-state index in [9.17, 15) is 9.18 Å². The van der Waals surface area contributed by atoms with Crippen LogP contribution in [0, 0.1) is 5.82 Å². The molecule has 2 rings (SSSR count). The Bertz CT molecular complexity index is 669. The number of amides is 1. The zero-order valence-electron chi connectivity index (χ0n) is 10.8. The number of nitrogens with two attached hydrogens (primary N) is 1. The van der Waals surface area contributed by atoms with Crippen LogP contribution in [0.1, 0.15) is 23.0 Å². The fourth-order valence-electron chi connectivity index (χ4n) is 1.80. The maximum atomic E-state index is 13.1. The first-order valence-electron chi connectivity index (χ1n) is 6.02. The van der Waals surface area contributed by atoms with E-state index in [2.05, 4.69) is 10.5 Å². The van der Waals surface area contributed by atoms with Crippen molar-refractivity contribution in [3.8, 4) is 0 Å². The third kappa shape index (κ3) is 2.88. The van der Waals surface area contributed by atoms with E-state index in [0.717, 1.165) is 5.39 Å². The van der Waals surface area contributed by atoms with Crippen LogP contribution in [0.5, 0.6) is 0 Å². The molecule has 1 amide bonds. The van der Waals surface area contributed by atoms with Gasteiger partial charge in [-0.1, -0.05) is 18.1 Å². The Labute approximate surface area is 118 Å². The Morgan fingerprint density at radius 1 is 1.55 bits per heavy atom. The molecular weight excluding hydrogens is 281 g/mol. The summed E-state index contributed by atoms with van der Waals surface area (Å²) in [5.41, 5.74) is 5.49. The lowest BCUT2D eigenvalue weighted by molar-refractivity contribution is 0.0949. The van der Waals surface area contributed by atoms with Gasteiger partial charge >= 0.3 is 0 Å². The first kappa shape index (κ1) is 14.3. The molecule has 1 heterocycles. The molecular formula is C13H14FN3O2S. The summed E-state index contributed by atoms with van der Waals surface area (Å²) in [6.45, 7) is 1.81. The lowest BCUT2D eigenvalue weighted by Crippen LogP contribution is -2.43. The highest BCUT2D eigenvalue weighted by molar-refractivity contribution is 7.20. The number of hydrogen-bond acceptors (Lipinski definition) is 4. The Balaban J connectivity index is 2.23. The molecule has 1 aromatic carbocycles. The number of nitrogens with one attached hydrogen (secondary N) is 1. The molecule has 106 valence electrons. The molecule has 0 saturated heterocycles. The quantitative estimate of drug-likeness (QED) is 0.350. The van der Waals surface area contributed by atoms with Crippen molar-refractivity contribution >= 4 is 33.2 Å². The number of nitrogens with zero attached hydrogens (tertiary/aromatic N) is 1. The van der Waals surface area contributed by atoms with Crippen molar-refractivity contribution in [1.82, 2.24) is 5.32 Å². The number of oxime groups is 1. The summed E-state index contributed by atoms with van der Waals surface area (Å²) in [4.78, 5) is 12.6. The van der Waals surface area contributed by atoms with E-state index in [4.69, 9.17) is 10.9 Å². The zero-order chi connectivity index (χ0) is 14.7. The predicted molar refractivity (Wildman–Crippen MR) is 76.7 cm³/mol. The molecule has 0 fully saturated rings. The van der Waals surface area contributed by atoms with Crippen LogP contribution in [0.25, 0.3) is 10.1 Å². The highest BCUT2D eigenvalue weighted by atomic mass is 32.1. The van der Waals surface area contributed by atoms with Crippen LogP contribution in [-0.4, -0.2) is 23.0 Å². The fraction of sp³-hybridized carbons (Fsp3) is 0.231. The number of hydrogen-bond donors (Lipinski definition) is 3. The summed E-state index contributed by atoms with van der Waals surface area (Å²) in [5.74, 6) is -0.715. The van der Waals surface area contributed by atoms with Gasteiger partial charge < -0.3 is 16.3 Å². The number of thiophene rings is 1. The molecule has 0 bridgehead atoms. The van der Waals surface area contributed by atoms with E-state index in [0.29, 0.717) is 16.0 Å². The van der Waals surface area contributed by atoms with Crippen LogP contribution < -0.4 is 11.1 Å². The average Bonchev–Trinajstić information content (AvgIpc) is 2.86. The van der Waals surface area contributed by atoms with Gasteiger partial charge in [0.2, 0.25) is 0 Å². The standard InChI is InChI=1S/C13H14FN3O2S/c1-2-9(12(15)17-19)16-13(18)11-5-7-3-4-8(14)6-10(7)20-11/h3-6,9,19H,2H2,1H3,(H2,15,17)(H,16,18). The Morgan fingerprint density at radius 2 is 2.30 bits per heavy atom. The van der Waals surface area contributed by atoms with Crippen LogP contribution in [0.3, 0.4) is 0 Å². The molecule has 0 aliphatic carbocycles. The van der Waals surface area contributed by atoms with Crippen molar-refractivity contribution in [1.29, 1.82) is 0 Å². The number of benzene rings is 1. The maximum absolute atomic E-state index is 13.1. The van der Waals surface area contributed by atoms with Gasteiger partial charge in [-0.2, -0.15) is 0 Å². The minimum atomic E-state index is -0.533. The smallest absolute Gasteiger partial charge is 0.261 e. The molecule has 0 radical (unpaired) electrons. The van der Waals surface area contributed by atoms with Gasteiger partial charge in [-0.05, 0) is 30.0 Å². The molecule has 4 N–H and O–H groups in total. The highest BCUT2D eigenvalue weighted by Gasteiger charge is 2.17. The molecule has 0 aliphatic heterocycles. The van der Waals surface area contributed by atoms with E-state index >= 15 is 0 Å². The van der Waals surface area contributed by atoms with Gasteiger partial charge in [0, 0.05) is 4.70 Å². The number of fused-ring (bicyclic) bond motifs is 1. The SMILES string of the molecule is CCC(NC(=O)c1cc2ccc(F)cc2s1)/C(N)=N/O.